The van der Waals surface area contributed by atoms with Crippen molar-refractivity contribution in [2.75, 3.05) is 0 Å². The first kappa shape index (κ1) is 10.5. The van der Waals surface area contributed by atoms with Crippen LogP contribution in [-0.2, 0) is 0 Å². The van der Waals surface area contributed by atoms with Crippen molar-refractivity contribution in [1.82, 2.24) is 8.97 Å². The summed E-state index contributed by atoms with van der Waals surface area (Å²) in [7, 11) is 0. The van der Waals surface area contributed by atoms with Crippen LogP contribution >= 0.6 is 0 Å². The molecule has 0 unspecified atom stereocenters. The van der Waals surface area contributed by atoms with Crippen LogP contribution < -0.4 is 5.69 Å². The van der Waals surface area contributed by atoms with Gasteiger partial charge in [0.25, 0.3) is 0 Å². The van der Waals surface area contributed by atoms with Crippen LogP contribution in [0.3, 0.4) is 0 Å². The number of rotatable bonds is 2. The summed E-state index contributed by atoms with van der Waals surface area (Å²) >= 11 is 0. The van der Waals surface area contributed by atoms with E-state index >= 15 is 0 Å². The Balaban J connectivity index is 2.79. The van der Waals surface area contributed by atoms with Crippen LogP contribution in [0.4, 0.5) is 0 Å². The van der Waals surface area contributed by atoms with Gasteiger partial charge < -0.3 is 0 Å². The van der Waals surface area contributed by atoms with E-state index in [1.54, 1.807) is 15.0 Å². The predicted molar refractivity (Wildman–Crippen MR) is 66.5 cm³/mol. The predicted octanol–water partition coefficient (Wildman–Crippen LogP) is 2.46. The molecule has 0 spiro atoms. The molecule has 3 nitrogen and oxygen atoms in total. The molecule has 0 fully saturated rings. The summed E-state index contributed by atoms with van der Waals surface area (Å²) in [5.41, 5.74) is 2.68. The summed E-state index contributed by atoms with van der Waals surface area (Å²) in [6.07, 6.45) is 7.19. The van der Waals surface area contributed by atoms with Crippen LogP contribution in [0.15, 0.2) is 48.1 Å². The molecule has 16 heavy (non-hydrogen) atoms. The second kappa shape index (κ2) is 3.85. The van der Waals surface area contributed by atoms with Crippen LogP contribution in [0, 0.1) is 6.92 Å². The SMILES string of the molecule is C=C/C(=C\C)n1cc2ccc(C)cn2c1=O. The maximum absolute atomic E-state index is 12.1. The number of aryl methyl sites for hydroxylation is 1. The molecule has 2 aromatic heterocycles. The van der Waals surface area contributed by atoms with Gasteiger partial charge in [0, 0.05) is 18.1 Å². The average molecular weight is 214 g/mol. The molecule has 2 aromatic rings. The van der Waals surface area contributed by atoms with Crippen LogP contribution in [0.1, 0.15) is 12.5 Å². The Morgan fingerprint density at radius 2 is 2.12 bits per heavy atom. The summed E-state index contributed by atoms with van der Waals surface area (Å²) in [5, 5.41) is 0. The van der Waals surface area contributed by atoms with Gasteiger partial charge in [-0.25, -0.2) is 4.79 Å². The molecule has 0 amide bonds. The smallest absolute Gasteiger partial charge is 0.267 e. The molecular weight excluding hydrogens is 200 g/mol. The third kappa shape index (κ3) is 1.50. The minimum Gasteiger partial charge on any atom is -0.267 e. The van der Waals surface area contributed by atoms with Crippen molar-refractivity contribution in [1.29, 1.82) is 0 Å². The summed E-state index contributed by atoms with van der Waals surface area (Å²) in [4.78, 5) is 12.1. The van der Waals surface area contributed by atoms with Crippen LogP contribution in [-0.4, -0.2) is 8.97 Å². The molecule has 2 heterocycles. The molecule has 0 aromatic carbocycles. The third-order valence-electron chi connectivity index (χ3n) is 2.58. The normalized spacial score (nSPS) is 12.0. The first-order valence-corrected chi connectivity index (χ1v) is 5.17. The topological polar surface area (TPSA) is 26.4 Å². The lowest BCUT2D eigenvalue weighted by atomic mass is 10.3. The Labute approximate surface area is 94.0 Å². The van der Waals surface area contributed by atoms with Crippen molar-refractivity contribution in [2.24, 2.45) is 0 Å². The summed E-state index contributed by atoms with van der Waals surface area (Å²) < 4.78 is 3.24. The first-order valence-electron chi connectivity index (χ1n) is 5.17. The highest BCUT2D eigenvalue weighted by atomic mass is 16.1. The lowest BCUT2D eigenvalue weighted by Gasteiger charge is -1.98. The Bertz CT molecular complexity index is 629. The van der Waals surface area contributed by atoms with Gasteiger partial charge in [0.2, 0.25) is 0 Å². The first-order chi connectivity index (χ1) is 7.67. The standard InChI is InChI=1S/C13H14N2O/c1-4-11(5-2)15-9-12-7-6-10(3)8-14(12)13(15)16/h4-9H,1H2,2-3H3/b11-5+. The summed E-state index contributed by atoms with van der Waals surface area (Å²) in [6, 6.07) is 3.92. The molecular formula is C13H14N2O. The van der Waals surface area contributed by atoms with Crippen molar-refractivity contribution < 1.29 is 0 Å². The van der Waals surface area contributed by atoms with E-state index in [-0.39, 0.29) is 5.69 Å². The zero-order valence-electron chi connectivity index (χ0n) is 9.47. The van der Waals surface area contributed by atoms with E-state index in [9.17, 15) is 4.79 Å². The maximum Gasteiger partial charge on any atom is 0.337 e. The highest BCUT2D eigenvalue weighted by Crippen LogP contribution is 2.08. The molecule has 0 aliphatic carbocycles. The van der Waals surface area contributed by atoms with Gasteiger partial charge in [-0.1, -0.05) is 18.7 Å². The van der Waals surface area contributed by atoms with E-state index in [1.807, 2.05) is 44.4 Å². The number of imidazole rings is 1. The van der Waals surface area contributed by atoms with Gasteiger partial charge in [-0.15, -0.1) is 0 Å². The zero-order valence-corrected chi connectivity index (χ0v) is 9.47. The monoisotopic (exact) mass is 214 g/mol. The van der Waals surface area contributed by atoms with Gasteiger partial charge in [-0.3, -0.25) is 8.97 Å². The van der Waals surface area contributed by atoms with Crippen molar-refractivity contribution in [3.8, 4) is 0 Å². The largest absolute Gasteiger partial charge is 0.337 e. The van der Waals surface area contributed by atoms with Crippen molar-refractivity contribution in [3.63, 3.8) is 0 Å². The number of hydrogen-bond acceptors (Lipinski definition) is 1. The van der Waals surface area contributed by atoms with E-state index in [4.69, 9.17) is 0 Å². The number of pyridine rings is 1. The van der Waals surface area contributed by atoms with Crippen LogP contribution in [0.2, 0.25) is 0 Å². The van der Waals surface area contributed by atoms with E-state index in [0.29, 0.717) is 0 Å². The van der Waals surface area contributed by atoms with E-state index in [1.165, 1.54) is 0 Å². The molecule has 0 saturated heterocycles. The quantitative estimate of drug-likeness (QED) is 0.705. The minimum absolute atomic E-state index is 0.0632. The molecule has 2 rings (SSSR count). The molecule has 3 heteroatoms. The highest BCUT2D eigenvalue weighted by Gasteiger charge is 2.05. The van der Waals surface area contributed by atoms with Crippen molar-refractivity contribution >= 4 is 11.2 Å². The number of nitrogens with zero attached hydrogens (tertiary/aromatic N) is 2. The van der Waals surface area contributed by atoms with Crippen LogP contribution in [0.5, 0.6) is 0 Å². The maximum atomic E-state index is 12.1. The third-order valence-corrected chi connectivity index (χ3v) is 2.58. The fraction of sp³-hybridized carbons (Fsp3) is 0.154. The molecule has 0 N–H and O–H groups in total. The Hall–Kier alpha value is -2.03. The molecule has 0 aliphatic rings. The summed E-state index contributed by atoms with van der Waals surface area (Å²) in [6.45, 7) is 7.55. The van der Waals surface area contributed by atoms with Gasteiger partial charge in [-0.2, -0.15) is 0 Å². The van der Waals surface area contributed by atoms with Gasteiger partial charge >= 0.3 is 5.69 Å². The Morgan fingerprint density at radius 3 is 2.75 bits per heavy atom. The van der Waals surface area contributed by atoms with Gasteiger partial charge in [0.05, 0.1) is 5.52 Å². The number of aromatic nitrogens is 2. The molecule has 0 bridgehead atoms. The molecule has 0 aliphatic heterocycles. The fourth-order valence-electron chi connectivity index (χ4n) is 1.73. The molecule has 82 valence electrons. The number of allylic oxidation sites excluding steroid dienone is 3. The van der Waals surface area contributed by atoms with Crippen molar-refractivity contribution in [3.05, 3.63) is 59.3 Å². The number of fused-ring (bicyclic) bond motifs is 1. The van der Waals surface area contributed by atoms with Crippen LogP contribution in [0.25, 0.3) is 11.2 Å². The van der Waals surface area contributed by atoms with Gasteiger partial charge in [0.15, 0.2) is 0 Å². The molecule has 0 saturated carbocycles. The van der Waals surface area contributed by atoms with E-state index < -0.39 is 0 Å². The number of hydrogen-bond donors (Lipinski definition) is 0. The second-order valence-corrected chi connectivity index (χ2v) is 3.70. The van der Waals surface area contributed by atoms with Crippen molar-refractivity contribution in [2.45, 2.75) is 13.8 Å². The zero-order chi connectivity index (χ0) is 11.7. The lowest BCUT2D eigenvalue weighted by molar-refractivity contribution is 0.960. The van der Waals surface area contributed by atoms with Gasteiger partial charge in [-0.05, 0) is 31.6 Å². The second-order valence-electron chi connectivity index (χ2n) is 3.70. The molecule has 0 radical (unpaired) electrons. The Kier molecular flexibility index (Phi) is 2.52. The summed E-state index contributed by atoms with van der Waals surface area (Å²) in [5.74, 6) is 0. The highest BCUT2D eigenvalue weighted by molar-refractivity contribution is 5.59. The average Bonchev–Trinajstić information content (AvgIpc) is 2.59. The van der Waals surface area contributed by atoms with Gasteiger partial charge in [0.1, 0.15) is 0 Å². The Morgan fingerprint density at radius 1 is 1.38 bits per heavy atom. The minimum atomic E-state index is -0.0632. The molecule has 0 atom stereocenters. The fourth-order valence-corrected chi connectivity index (χ4v) is 1.73. The van der Waals surface area contributed by atoms with E-state index in [2.05, 4.69) is 6.58 Å². The lowest BCUT2D eigenvalue weighted by Crippen LogP contribution is -2.18. The van der Waals surface area contributed by atoms with E-state index in [0.717, 1.165) is 16.8 Å².